The SMILES string of the molecule is C=CC(=O)N1CCN(C(=O)CCc2cc(Oc3ccccc3)c(Cl)cc2OC)CC1. The first-order valence-corrected chi connectivity index (χ1v) is 10.2. The molecule has 2 aromatic rings. The number of amides is 2. The lowest BCUT2D eigenvalue weighted by atomic mass is 10.1. The van der Waals surface area contributed by atoms with Crippen molar-refractivity contribution in [2.45, 2.75) is 12.8 Å². The number of nitrogens with zero attached hydrogens (tertiary/aromatic N) is 2. The number of ether oxygens (including phenoxy) is 2. The first kappa shape index (κ1) is 21.7. The largest absolute Gasteiger partial charge is 0.496 e. The minimum Gasteiger partial charge on any atom is -0.496 e. The molecule has 1 heterocycles. The van der Waals surface area contributed by atoms with Gasteiger partial charge in [0.2, 0.25) is 11.8 Å². The van der Waals surface area contributed by atoms with E-state index in [-0.39, 0.29) is 11.8 Å². The minimum atomic E-state index is -0.0982. The molecule has 1 aliphatic heterocycles. The second-order valence-corrected chi connectivity index (χ2v) is 7.33. The van der Waals surface area contributed by atoms with Crippen LogP contribution in [-0.2, 0) is 16.0 Å². The van der Waals surface area contributed by atoms with Gasteiger partial charge in [0.15, 0.2) is 0 Å². The van der Waals surface area contributed by atoms with Crippen molar-refractivity contribution in [2.24, 2.45) is 0 Å². The van der Waals surface area contributed by atoms with Gasteiger partial charge in [0, 0.05) is 38.7 Å². The highest BCUT2D eigenvalue weighted by Gasteiger charge is 2.23. The number of carbonyl (C=O) groups is 2. The molecule has 0 bridgehead atoms. The van der Waals surface area contributed by atoms with E-state index in [2.05, 4.69) is 6.58 Å². The van der Waals surface area contributed by atoms with Gasteiger partial charge in [-0.3, -0.25) is 9.59 Å². The van der Waals surface area contributed by atoms with Gasteiger partial charge >= 0.3 is 0 Å². The fourth-order valence-electron chi connectivity index (χ4n) is 3.36. The van der Waals surface area contributed by atoms with Crippen molar-refractivity contribution in [2.75, 3.05) is 33.3 Å². The molecule has 6 nitrogen and oxygen atoms in total. The van der Waals surface area contributed by atoms with Crippen LogP contribution >= 0.6 is 11.6 Å². The highest BCUT2D eigenvalue weighted by atomic mass is 35.5. The van der Waals surface area contributed by atoms with E-state index in [1.807, 2.05) is 36.4 Å². The normalized spacial score (nSPS) is 13.7. The van der Waals surface area contributed by atoms with Crippen LogP contribution in [0.4, 0.5) is 0 Å². The Morgan fingerprint density at radius 2 is 1.73 bits per heavy atom. The maximum absolute atomic E-state index is 12.7. The van der Waals surface area contributed by atoms with Crippen molar-refractivity contribution in [1.82, 2.24) is 9.80 Å². The summed E-state index contributed by atoms with van der Waals surface area (Å²) < 4.78 is 11.3. The standard InChI is InChI=1S/C23H25ClN2O4/c1-3-22(27)25-11-13-26(14-12-25)23(28)10-9-17-15-21(19(24)16-20(17)29-2)30-18-7-5-4-6-8-18/h3-8,15-16H,1,9-14H2,2H3. The first-order valence-electron chi connectivity index (χ1n) is 9.80. The summed E-state index contributed by atoms with van der Waals surface area (Å²) in [7, 11) is 1.57. The van der Waals surface area contributed by atoms with Gasteiger partial charge in [-0.2, -0.15) is 0 Å². The Hall–Kier alpha value is -2.99. The molecule has 2 amide bonds. The van der Waals surface area contributed by atoms with Crippen molar-refractivity contribution in [3.63, 3.8) is 0 Å². The van der Waals surface area contributed by atoms with Crippen molar-refractivity contribution in [3.05, 3.63) is 65.7 Å². The van der Waals surface area contributed by atoms with Gasteiger partial charge in [-0.15, -0.1) is 0 Å². The quantitative estimate of drug-likeness (QED) is 0.627. The molecular weight excluding hydrogens is 404 g/mol. The Bertz CT molecular complexity index is 909. The Balaban J connectivity index is 1.64. The third-order valence-corrected chi connectivity index (χ3v) is 5.33. The number of aryl methyl sites for hydroxylation is 1. The third-order valence-electron chi connectivity index (χ3n) is 5.03. The molecule has 0 atom stereocenters. The highest BCUT2D eigenvalue weighted by Crippen LogP contribution is 2.36. The maximum atomic E-state index is 12.7. The molecule has 0 aromatic heterocycles. The monoisotopic (exact) mass is 428 g/mol. The number of hydrogen-bond acceptors (Lipinski definition) is 4. The fraction of sp³-hybridized carbons (Fsp3) is 0.304. The average Bonchev–Trinajstić information content (AvgIpc) is 2.79. The molecule has 0 radical (unpaired) electrons. The van der Waals surface area contributed by atoms with Gasteiger partial charge in [0.25, 0.3) is 0 Å². The summed E-state index contributed by atoms with van der Waals surface area (Å²) in [6, 6.07) is 12.9. The highest BCUT2D eigenvalue weighted by molar-refractivity contribution is 6.32. The zero-order chi connectivity index (χ0) is 21.5. The molecule has 0 unspecified atom stereocenters. The Morgan fingerprint density at radius 1 is 1.07 bits per heavy atom. The maximum Gasteiger partial charge on any atom is 0.246 e. The van der Waals surface area contributed by atoms with Crippen molar-refractivity contribution in [3.8, 4) is 17.2 Å². The number of methoxy groups -OCH3 is 1. The van der Waals surface area contributed by atoms with E-state index in [0.717, 1.165) is 5.56 Å². The van der Waals surface area contributed by atoms with Gasteiger partial charge < -0.3 is 19.3 Å². The first-order chi connectivity index (χ1) is 14.5. The van der Waals surface area contributed by atoms with E-state index in [9.17, 15) is 9.59 Å². The lowest BCUT2D eigenvalue weighted by Gasteiger charge is -2.34. The molecular formula is C23H25ClN2O4. The summed E-state index contributed by atoms with van der Waals surface area (Å²) in [5.41, 5.74) is 0.849. The average molecular weight is 429 g/mol. The smallest absolute Gasteiger partial charge is 0.246 e. The predicted octanol–water partition coefficient (Wildman–Crippen LogP) is 3.93. The van der Waals surface area contributed by atoms with E-state index in [1.54, 1.807) is 23.0 Å². The summed E-state index contributed by atoms with van der Waals surface area (Å²) >= 11 is 6.35. The van der Waals surface area contributed by atoms with Gasteiger partial charge in [-0.25, -0.2) is 0 Å². The number of rotatable bonds is 7. The summed E-state index contributed by atoms with van der Waals surface area (Å²) in [6.07, 6.45) is 2.13. The molecule has 1 aliphatic rings. The number of hydrogen-bond donors (Lipinski definition) is 0. The summed E-state index contributed by atoms with van der Waals surface area (Å²) in [5, 5.41) is 0.439. The predicted molar refractivity (Wildman–Crippen MR) is 116 cm³/mol. The van der Waals surface area contributed by atoms with E-state index in [1.165, 1.54) is 6.08 Å². The molecule has 158 valence electrons. The molecule has 30 heavy (non-hydrogen) atoms. The van der Waals surface area contributed by atoms with E-state index >= 15 is 0 Å². The number of halogens is 1. The minimum absolute atomic E-state index is 0.0447. The third kappa shape index (κ3) is 5.33. The molecule has 0 saturated carbocycles. The van der Waals surface area contributed by atoms with Gasteiger partial charge in [-0.1, -0.05) is 36.4 Å². The molecule has 0 spiro atoms. The Morgan fingerprint density at radius 3 is 2.37 bits per heavy atom. The second kappa shape index (κ2) is 10.2. The van der Waals surface area contributed by atoms with Crippen LogP contribution in [0.3, 0.4) is 0 Å². The van der Waals surface area contributed by atoms with E-state index in [0.29, 0.717) is 61.3 Å². The number of para-hydroxylation sites is 1. The van der Waals surface area contributed by atoms with Crippen LogP contribution < -0.4 is 9.47 Å². The van der Waals surface area contributed by atoms with Crippen LogP contribution in [0.1, 0.15) is 12.0 Å². The molecule has 1 fully saturated rings. The lowest BCUT2D eigenvalue weighted by Crippen LogP contribution is -2.50. The zero-order valence-electron chi connectivity index (χ0n) is 17.0. The second-order valence-electron chi connectivity index (χ2n) is 6.92. The van der Waals surface area contributed by atoms with Crippen LogP contribution in [0.25, 0.3) is 0 Å². The molecule has 1 saturated heterocycles. The lowest BCUT2D eigenvalue weighted by molar-refractivity contribution is -0.137. The van der Waals surface area contributed by atoms with E-state index in [4.69, 9.17) is 21.1 Å². The summed E-state index contributed by atoms with van der Waals surface area (Å²) in [5.74, 6) is 1.76. The topological polar surface area (TPSA) is 59.1 Å². The molecule has 3 rings (SSSR count). The summed E-state index contributed by atoms with van der Waals surface area (Å²) in [4.78, 5) is 27.8. The zero-order valence-corrected chi connectivity index (χ0v) is 17.7. The molecule has 2 aromatic carbocycles. The molecule has 0 N–H and O–H groups in total. The number of benzene rings is 2. The fourth-order valence-corrected chi connectivity index (χ4v) is 3.55. The molecule has 7 heteroatoms. The van der Waals surface area contributed by atoms with Crippen molar-refractivity contribution in [1.29, 1.82) is 0 Å². The van der Waals surface area contributed by atoms with Crippen molar-refractivity contribution >= 4 is 23.4 Å². The van der Waals surface area contributed by atoms with Gasteiger partial charge in [-0.05, 0) is 36.3 Å². The van der Waals surface area contributed by atoms with Crippen molar-refractivity contribution < 1.29 is 19.1 Å². The Labute approximate surface area is 181 Å². The van der Waals surface area contributed by atoms with Crippen LogP contribution in [0.15, 0.2) is 55.1 Å². The Kier molecular flexibility index (Phi) is 7.36. The molecule has 0 aliphatic carbocycles. The summed E-state index contributed by atoms with van der Waals surface area (Å²) in [6.45, 7) is 5.61. The van der Waals surface area contributed by atoms with Gasteiger partial charge in [0.1, 0.15) is 17.2 Å². The van der Waals surface area contributed by atoms with Gasteiger partial charge in [0.05, 0.1) is 12.1 Å². The van der Waals surface area contributed by atoms with E-state index < -0.39 is 0 Å². The number of piperazine rings is 1. The van der Waals surface area contributed by atoms with Crippen LogP contribution in [0.2, 0.25) is 5.02 Å². The van der Waals surface area contributed by atoms with Crippen LogP contribution in [0.5, 0.6) is 17.2 Å². The van der Waals surface area contributed by atoms with Crippen LogP contribution in [-0.4, -0.2) is 54.9 Å². The number of carbonyl (C=O) groups excluding carboxylic acids is 2. The van der Waals surface area contributed by atoms with Crippen LogP contribution in [0, 0.1) is 0 Å².